The van der Waals surface area contributed by atoms with E-state index in [4.69, 9.17) is 0 Å². The van der Waals surface area contributed by atoms with Crippen LogP contribution in [0.4, 0.5) is 5.69 Å². The van der Waals surface area contributed by atoms with Crippen molar-refractivity contribution in [2.45, 2.75) is 77.9 Å². The number of hydrogen-bond acceptors (Lipinski definition) is 4. The van der Waals surface area contributed by atoms with Crippen LogP contribution in [0.5, 0.6) is 0 Å². The van der Waals surface area contributed by atoms with Gasteiger partial charge in [0.15, 0.2) is 5.16 Å². The van der Waals surface area contributed by atoms with E-state index in [0.717, 1.165) is 47.2 Å². The lowest BCUT2D eigenvalue weighted by Gasteiger charge is -2.11. The number of hydrogen-bond donors (Lipinski definition) is 1. The predicted molar refractivity (Wildman–Crippen MR) is 113 cm³/mol. The highest BCUT2D eigenvalue weighted by Crippen LogP contribution is 2.22. The third-order valence-corrected chi connectivity index (χ3v) is 5.66. The van der Waals surface area contributed by atoms with Crippen LogP contribution in [0.15, 0.2) is 23.4 Å². The number of rotatable bonds is 11. The topological polar surface area (TPSA) is 59.8 Å². The van der Waals surface area contributed by atoms with Gasteiger partial charge in [-0.15, -0.1) is 10.2 Å². The molecule has 2 aromatic rings. The van der Waals surface area contributed by atoms with E-state index in [1.807, 2.05) is 32.0 Å². The lowest BCUT2D eigenvalue weighted by atomic mass is 10.1. The summed E-state index contributed by atoms with van der Waals surface area (Å²) in [6.07, 6.45) is 7.20. The fourth-order valence-electron chi connectivity index (χ4n) is 3.13. The van der Waals surface area contributed by atoms with Gasteiger partial charge in [0.05, 0.1) is 5.75 Å². The fourth-order valence-corrected chi connectivity index (χ4v) is 3.95. The molecule has 27 heavy (non-hydrogen) atoms. The number of benzene rings is 1. The average molecular weight is 389 g/mol. The summed E-state index contributed by atoms with van der Waals surface area (Å²) in [6, 6.07) is 6.02. The number of amides is 1. The molecule has 1 heterocycles. The molecule has 5 nitrogen and oxygen atoms in total. The lowest BCUT2D eigenvalue weighted by Crippen LogP contribution is -2.16. The number of anilines is 1. The monoisotopic (exact) mass is 388 g/mol. The molecule has 1 aromatic heterocycles. The highest BCUT2D eigenvalue weighted by atomic mass is 32.2. The summed E-state index contributed by atoms with van der Waals surface area (Å²) >= 11 is 1.46. The minimum Gasteiger partial charge on any atom is -0.325 e. The number of carbonyl (C=O) groups excluding carboxylic acids is 1. The van der Waals surface area contributed by atoms with Crippen molar-refractivity contribution >= 4 is 23.4 Å². The molecule has 1 amide bonds. The van der Waals surface area contributed by atoms with Gasteiger partial charge in [-0.25, -0.2) is 0 Å². The molecule has 0 saturated heterocycles. The number of aromatic nitrogens is 3. The molecule has 0 aliphatic carbocycles. The van der Waals surface area contributed by atoms with Gasteiger partial charge in [0.25, 0.3) is 0 Å². The van der Waals surface area contributed by atoms with Crippen LogP contribution in [0.2, 0.25) is 0 Å². The van der Waals surface area contributed by atoms with E-state index in [1.165, 1.54) is 37.4 Å². The molecule has 1 N–H and O–H groups in total. The lowest BCUT2D eigenvalue weighted by molar-refractivity contribution is -0.113. The van der Waals surface area contributed by atoms with E-state index in [9.17, 15) is 4.79 Å². The Morgan fingerprint density at radius 3 is 2.44 bits per heavy atom. The Kier molecular flexibility index (Phi) is 8.85. The first-order chi connectivity index (χ1) is 13.1. The van der Waals surface area contributed by atoms with Gasteiger partial charge in [0, 0.05) is 18.7 Å². The molecular formula is C21H32N4OS. The molecule has 0 aliphatic heterocycles. The Morgan fingerprint density at radius 2 is 1.78 bits per heavy atom. The summed E-state index contributed by atoms with van der Waals surface area (Å²) in [5.41, 5.74) is 3.07. The Morgan fingerprint density at radius 1 is 1.07 bits per heavy atom. The van der Waals surface area contributed by atoms with Crippen molar-refractivity contribution in [3.05, 3.63) is 35.2 Å². The largest absolute Gasteiger partial charge is 0.325 e. The summed E-state index contributed by atoms with van der Waals surface area (Å²) in [5, 5.41) is 12.5. The Balaban J connectivity index is 1.88. The van der Waals surface area contributed by atoms with Crippen molar-refractivity contribution in [2.75, 3.05) is 11.1 Å². The maximum Gasteiger partial charge on any atom is 0.234 e. The van der Waals surface area contributed by atoms with Crippen molar-refractivity contribution in [3.8, 4) is 0 Å². The van der Waals surface area contributed by atoms with Gasteiger partial charge in [-0.2, -0.15) is 0 Å². The Labute approximate surface area is 167 Å². The Bertz CT molecular complexity index is 722. The standard InChI is InChI=1S/C21H32N4OS/c1-5-7-8-9-10-14-18-23-24-21(25(18)6-2)27-15-19(26)22-20-16(3)12-11-13-17(20)4/h11-13H,5-10,14-15H2,1-4H3,(H,22,26). The first kappa shape index (κ1) is 21.5. The zero-order valence-corrected chi connectivity index (χ0v) is 17.9. The third kappa shape index (κ3) is 6.38. The van der Waals surface area contributed by atoms with Crippen molar-refractivity contribution in [1.29, 1.82) is 0 Å². The summed E-state index contributed by atoms with van der Waals surface area (Å²) in [6.45, 7) is 9.18. The third-order valence-electron chi connectivity index (χ3n) is 4.69. The van der Waals surface area contributed by atoms with Crippen molar-refractivity contribution in [1.82, 2.24) is 14.8 Å². The van der Waals surface area contributed by atoms with E-state index < -0.39 is 0 Å². The van der Waals surface area contributed by atoms with Gasteiger partial charge in [-0.3, -0.25) is 4.79 Å². The molecule has 0 radical (unpaired) electrons. The second-order valence-corrected chi connectivity index (χ2v) is 7.85. The molecule has 0 unspecified atom stereocenters. The normalized spacial score (nSPS) is 11.0. The molecule has 0 aliphatic rings. The van der Waals surface area contributed by atoms with Crippen molar-refractivity contribution < 1.29 is 4.79 Å². The zero-order chi connectivity index (χ0) is 19.6. The molecule has 0 atom stereocenters. The minimum absolute atomic E-state index is 0.0100. The van der Waals surface area contributed by atoms with Crippen LogP contribution in [-0.4, -0.2) is 26.4 Å². The van der Waals surface area contributed by atoms with Crippen LogP contribution in [0.25, 0.3) is 0 Å². The second kappa shape index (κ2) is 11.1. The van der Waals surface area contributed by atoms with Crippen LogP contribution in [0.3, 0.4) is 0 Å². The van der Waals surface area contributed by atoms with Crippen LogP contribution in [0, 0.1) is 13.8 Å². The number of aryl methyl sites for hydroxylation is 3. The van der Waals surface area contributed by atoms with Crippen molar-refractivity contribution in [3.63, 3.8) is 0 Å². The number of thioether (sulfide) groups is 1. The Hall–Kier alpha value is -1.82. The van der Waals surface area contributed by atoms with Crippen LogP contribution in [0.1, 0.15) is 62.9 Å². The molecule has 0 fully saturated rings. The van der Waals surface area contributed by atoms with Gasteiger partial charge in [-0.05, 0) is 38.3 Å². The molecule has 2 rings (SSSR count). The van der Waals surface area contributed by atoms with Crippen molar-refractivity contribution in [2.24, 2.45) is 0 Å². The average Bonchev–Trinajstić information content (AvgIpc) is 3.05. The molecule has 0 saturated carbocycles. The van der Waals surface area contributed by atoms with E-state index >= 15 is 0 Å². The molecule has 0 bridgehead atoms. The van der Waals surface area contributed by atoms with Gasteiger partial charge < -0.3 is 9.88 Å². The molecular weight excluding hydrogens is 356 g/mol. The SMILES string of the molecule is CCCCCCCc1nnc(SCC(=O)Nc2c(C)cccc2C)n1CC. The highest BCUT2D eigenvalue weighted by Gasteiger charge is 2.14. The van der Waals surface area contributed by atoms with E-state index in [-0.39, 0.29) is 5.91 Å². The molecule has 1 aromatic carbocycles. The number of nitrogens with one attached hydrogen (secondary N) is 1. The summed E-state index contributed by atoms with van der Waals surface area (Å²) in [4.78, 5) is 12.4. The van der Waals surface area contributed by atoms with Crippen LogP contribution in [-0.2, 0) is 17.8 Å². The fraction of sp³-hybridized carbons (Fsp3) is 0.571. The second-order valence-electron chi connectivity index (χ2n) is 6.91. The summed E-state index contributed by atoms with van der Waals surface area (Å²) in [5.74, 6) is 1.36. The van der Waals surface area contributed by atoms with Crippen LogP contribution >= 0.6 is 11.8 Å². The van der Waals surface area contributed by atoms with Gasteiger partial charge >= 0.3 is 0 Å². The maximum atomic E-state index is 12.4. The van der Waals surface area contributed by atoms with E-state index in [0.29, 0.717) is 5.75 Å². The van der Waals surface area contributed by atoms with Gasteiger partial charge in [0.1, 0.15) is 5.82 Å². The quantitative estimate of drug-likeness (QED) is 0.427. The number of nitrogens with zero attached hydrogens (tertiary/aromatic N) is 3. The van der Waals surface area contributed by atoms with Gasteiger partial charge in [-0.1, -0.05) is 62.6 Å². The first-order valence-electron chi connectivity index (χ1n) is 9.97. The van der Waals surface area contributed by atoms with E-state index in [1.54, 1.807) is 0 Å². The summed E-state index contributed by atoms with van der Waals surface area (Å²) < 4.78 is 2.14. The summed E-state index contributed by atoms with van der Waals surface area (Å²) in [7, 11) is 0. The molecule has 6 heteroatoms. The van der Waals surface area contributed by atoms with Crippen LogP contribution < -0.4 is 5.32 Å². The zero-order valence-electron chi connectivity index (χ0n) is 17.0. The van der Waals surface area contributed by atoms with E-state index in [2.05, 4.69) is 33.9 Å². The number of para-hydroxylation sites is 1. The highest BCUT2D eigenvalue weighted by molar-refractivity contribution is 7.99. The maximum absolute atomic E-state index is 12.4. The first-order valence-corrected chi connectivity index (χ1v) is 11.0. The number of carbonyl (C=O) groups is 1. The number of unbranched alkanes of at least 4 members (excludes halogenated alkanes) is 4. The van der Waals surface area contributed by atoms with Gasteiger partial charge in [0.2, 0.25) is 5.91 Å². The predicted octanol–water partition coefficient (Wildman–Crippen LogP) is 5.16. The molecule has 148 valence electrons. The smallest absolute Gasteiger partial charge is 0.234 e. The molecule has 0 spiro atoms. The minimum atomic E-state index is -0.0100.